The Balaban J connectivity index is 2.08. The van der Waals surface area contributed by atoms with E-state index in [-0.39, 0.29) is 0 Å². The Morgan fingerprint density at radius 1 is 0.900 bits per heavy atom. The van der Waals surface area contributed by atoms with E-state index in [0.717, 1.165) is 5.92 Å². The number of rotatable bonds is 11. The van der Waals surface area contributed by atoms with Gasteiger partial charge < -0.3 is 9.47 Å². The summed E-state index contributed by atoms with van der Waals surface area (Å²) in [6.45, 7) is 7.36. The third kappa shape index (κ3) is 8.26. The monoisotopic (exact) mass is 284 g/mol. The molecule has 1 aliphatic rings. The Bertz CT molecular complexity index is 209. The zero-order valence-electron chi connectivity index (χ0n) is 14.0. The molecular weight excluding hydrogens is 248 g/mol. The lowest BCUT2D eigenvalue weighted by Gasteiger charge is -2.27. The predicted octanol–water partition coefficient (Wildman–Crippen LogP) is 5.69. The Labute approximate surface area is 126 Å². The van der Waals surface area contributed by atoms with Gasteiger partial charge in [-0.15, -0.1) is 0 Å². The molecule has 120 valence electrons. The van der Waals surface area contributed by atoms with Crippen LogP contribution in [0.5, 0.6) is 0 Å². The summed E-state index contributed by atoms with van der Waals surface area (Å²) in [7, 11) is 0. The topological polar surface area (TPSA) is 18.5 Å². The SMILES string of the molecule is CCCCCC[C@@H](CCC)OCOC1CCC(C)CC1. The fraction of sp³-hybridized carbons (Fsp3) is 1.00. The highest BCUT2D eigenvalue weighted by atomic mass is 16.7. The van der Waals surface area contributed by atoms with Gasteiger partial charge in [-0.25, -0.2) is 0 Å². The normalized spacial score (nSPS) is 24.8. The fourth-order valence-corrected chi connectivity index (χ4v) is 3.06. The van der Waals surface area contributed by atoms with E-state index in [1.54, 1.807) is 0 Å². The first-order chi connectivity index (χ1) is 9.76. The van der Waals surface area contributed by atoms with Gasteiger partial charge in [0.1, 0.15) is 6.79 Å². The average Bonchev–Trinajstić information content (AvgIpc) is 2.45. The van der Waals surface area contributed by atoms with Gasteiger partial charge in [0, 0.05) is 0 Å². The summed E-state index contributed by atoms with van der Waals surface area (Å²) < 4.78 is 11.9. The van der Waals surface area contributed by atoms with E-state index in [9.17, 15) is 0 Å². The van der Waals surface area contributed by atoms with Crippen molar-refractivity contribution < 1.29 is 9.47 Å². The summed E-state index contributed by atoms with van der Waals surface area (Å²) in [6, 6.07) is 0. The van der Waals surface area contributed by atoms with E-state index in [1.165, 1.54) is 70.6 Å². The smallest absolute Gasteiger partial charge is 0.147 e. The van der Waals surface area contributed by atoms with Crippen molar-refractivity contribution in [3.8, 4) is 0 Å². The molecule has 2 heteroatoms. The van der Waals surface area contributed by atoms with Gasteiger partial charge in [-0.2, -0.15) is 0 Å². The minimum absolute atomic E-state index is 0.416. The van der Waals surface area contributed by atoms with Gasteiger partial charge in [0.05, 0.1) is 12.2 Å². The number of ether oxygens (including phenoxy) is 2. The van der Waals surface area contributed by atoms with E-state index < -0.39 is 0 Å². The number of hydrogen-bond donors (Lipinski definition) is 0. The van der Waals surface area contributed by atoms with E-state index in [1.807, 2.05) is 0 Å². The van der Waals surface area contributed by atoms with Crippen molar-refractivity contribution in [3.05, 3.63) is 0 Å². The summed E-state index contributed by atoms with van der Waals surface area (Å²) >= 11 is 0. The van der Waals surface area contributed by atoms with Crippen molar-refractivity contribution in [2.45, 2.75) is 104 Å². The quantitative estimate of drug-likeness (QED) is 0.358. The molecule has 0 N–H and O–H groups in total. The third-order valence-electron chi connectivity index (χ3n) is 4.56. The maximum absolute atomic E-state index is 5.97. The molecule has 20 heavy (non-hydrogen) atoms. The fourth-order valence-electron chi connectivity index (χ4n) is 3.06. The second-order valence-electron chi connectivity index (χ2n) is 6.59. The molecule has 1 atom stereocenters. The van der Waals surface area contributed by atoms with E-state index in [0.29, 0.717) is 19.0 Å². The summed E-state index contributed by atoms with van der Waals surface area (Å²) in [4.78, 5) is 0. The predicted molar refractivity (Wildman–Crippen MR) is 85.9 cm³/mol. The average molecular weight is 284 g/mol. The molecule has 1 fully saturated rings. The van der Waals surface area contributed by atoms with Crippen LogP contribution in [0.3, 0.4) is 0 Å². The molecule has 0 aromatic carbocycles. The number of unbranched alkanes of at least 4 members (excludes halogenated alkanes) is 3. The molecule has 1 aliphatic carbocycles. The lowest BCUT2D eigenvalue weighted by Crippen LogP contribution is -2.23. The molecule has 0 heterocycles. The highest BCUT2D eigenvalue weighted by Crippen LogP contribution is 2.25. The van der Waals surface area contributed by atoms with Gasteiger partial charge in [-0.1, -0.05) is 52.9 Å². The molecule has 0 bridgehead atoms. The van der Waals surface area contributed by atoms with Crippen LogP contribution in [0.4, 0.5) is 0 Å². The molecule has 0 aliphatic heterocycles. The number of hydrogen-bond acceptors (Lipinski definition) is 2. The minimum atomic E-state index is 0.416. The first-order valence-electron chi connectivity index (χ1n) is 8.99. The van der Waals surface area contributed by atoms with Crippen molar-refractivity contribution in [1.82, 2.24) is 0 Å². The molecule has 0 spiro atoms. The molecule has 0 saturated heterocycles. The highest BCUT2D eigenvalue weighted by Gasteiger charge is 2.19. The summed E-state index contributed by atoms with van der Waals surface area (Å²) in [5.41, 5.74) is 0. The molecule has 0 unspecified atom stereocenters. The van der Waals surface area contributed by atoms with Crippen LogP contribution in [0.15, 0.2) is 0 Å². The van der Waals surface area contributed by atoms with E-state index in [2.05, 4.69) is 20.8 Å². The summed E-state index contributed by atoms with van der Waals surface area (Å²) in [6.07, 6.45) is 14.9. The van der Waals surface area contributed by atoms with Gasteiger partial charge in [0.2, 0.25) is 0 Å². The van der Waals surface area contributed by atoms with Crippen LogP contribution in [0, 0.1) is 5.92 Å². The first kappa shape index (κ1) is 18.0. The second kappa shape index (κ2) is 11.6. The summed E-state index contributed by atoms with van der Waals surface area (Å²) in [5.74, 6) is 0.891. The third-order valence-corrected chi connectivity index (χ3v) is 4.56. The Kier molecular flexibility index (Phi) is 10.4. The summed E-state index contributed by atoms with van der Waals surface area (Å²) in [5, 5.41) is 0. The van der Waals surface area contributed by atoms with Crippen molar-refractivity contribution in [3.63, 3.8) is 0 Å². The van der Waals surface area contributed by atoms with Crippen LogP contribution < -0.4 is 0 Å². The van der Waals surface area contributed by atoms with Crippen molar-refractivity contribution in [2.24, 2.45) is 5.92 Å². The van der Waals surface area contributed by atoms with Crippen LogP contribution in [-0.2, 0) is 9.47 Å². The van der Waals surface area contributed by atoms with Crippen molar-refractivity contribution in [2.75, 3.05) is 6.79 Å². The van der Waals surface area contributed by atoms with Crippen LogP contribution in [-0.4, -0.2) is 19.0 Å². The maximum Gasteiger partial charge on any atom is 0.147 e. The molecule has 1 saturated carbocycles. The lowest BCUT2D eigenvalue weighted by atomic mass is 9.89. The van der Waals surface area contributed by atoms with Crippen LogP contribution in [0.25, 0.3) is 0 Å². The Morgan fingerprint density at radius 3 is 2.30 bits per heavy atom. The zero-order chi connectivity index (χ0) is 14.6. The molecule has 0 radical (unpaired) electrons. The van der Waals surface area contributed by atoms with E-state index >= 15 is 0 Å². The highest BCUT2D eigenvalue weighted by molar-refractivity contribution is 4.69. The standard InChI is InChI=1S/C18H36O2/c1-4-6-7-8-10-17(9-5-2)19-15-20-18-13-11-16(3)12-14-18/h16-18H,4-15H2,1-3H3/t16?,17-,18?/m1/s1. The van der Waals surface area contributed by atoms with Crippen LogP contribution in [0.2, 0.25) is 0 Å². The molecular formula is C18H36O2. The van der Waals surface area contributed by atoms with E-state index in [4.69, 9.17) is 9.47 Å². The van der Waals surface area contributed by atoms with Gasteiger partial charge in [0.15, 0.2) is 0 Å². The molecule has 0 amide bonds. The molecule has 2 nitrogen and oxygen atoms in total. The van der Waals surface area contributed by atoms with Crippen LogP contribution in [0.1, 0.15) is 91.4 Å². The van der Waals surface area contributed by atoms with Crippen molar-refractivity contribution >= 4 is 0 Å². The van der Waals surface area contributed by atoms with Gasteiger partial charge in [-0.3, -0.25) is 0 Å². The molecule has 1 rings (SSSR count). The Hall–Kier alpha value is -0.0800. The van der Waals surface area contributed by atoms with Crippen molar-refractivity contribution in [1.29, 1.82) is 0 Å². The van der Waals surface area contributed by atoms with Gasteiger partial charge in [-0.05, 0) is 44.4 Å². The molecule has 0 aromatic rings. The van der Waals surface area contributed by atoms with Gasteiger partial charge >= 0.3 is 0 Å². The lowest BCUT2D eigenvalue weighted by molar-refractivity contribution is -0.130. The second-order valence-corrected chi connectivity index (χ2v) is 6.59. The van der Waals surface area contributed by atoms with Crippen LogP contribution >= 0.6 is 0 Å². The maximum atomic E-state index is 5.97. The largest absolute Gasteiger partial charge is 0.352 e. The molecule has 0 aromatic heterocycles. The minimum Gasteiger partial charge on any atom is -0.352 e. The Morgan fingerprint density at radius 2 is 1.65 bits per heavy atom. The first-order valence-corrected chi connectivity index (χ1v) is 8.99. The zero-order valence-corrected chi connectivity index (χ0v) is 14.0. The van der Waals surface area contributed by atoms with Gasteiger partial charge in [0.25, 0.3) is 0 Å².